The van der Waals surface area contributed by atoms with Crippen LogP contribution >= 0.6 is 0 Å². The first-order chi connectivity index (χ1) is 7.14. The van der Waals surface area contributed by atoms with E-state index in [-0.39, 0.29) is 6.54 Å². The molecule has 0 aromatic rings. The van der Waals surface area contributed by atoms with Crippen molar-refractivity contribution in [2.24, 2.45) is 5.41 Å². The molecular formula is C10H15F3N2O. The second-order valence-electron chi connectivity index (χ2n) is 4.08. The summed E-state index contributed by atoms with van der Waals surface area (Å²) in [7, 11) is 0. The Balaban J connectivity index is 4.81. The van der Waals surface area contributed by atoms with Crippen molar-refractivity contribution >= 4 is 5.91 Å². The summed E-state index contributed by atoms with van der Waals surface area (Å²) in [6.07, 6.45) is -4.01. The predicted molar refractivity (Wildman–Crippen MR) is 52.3 cm³/mol. The molecule has 0 spiro atoms. The lowest BCUT2D eigenvalue weighted by Crippen LogP contribution is -2.45. The predicted octanol–water partition coefficient (Wildman–Crippen LogP) is 2.34. The smallest absolute Gasteiger partial charge is 0.332 e. The highest BCUT2D eigenvalue weighted by Crippen LogP contribution is 2.22. The quantitative estimate of drug-likeness (QED) is 0.752. The summed E-state index contributed by atoms with van der Waals surface area (Å²) in [4.78, 5) is 12.4. The third kappa shape index (κ3) is 4.51. The maximum absolute atomic E-state index is 12.2. The van der Waals surface area contributed by atoms with E-state index in [1.807, 2.05) is 0 Å². The van der Waals surface area contributed by atoms with Crippen LogP contribution < -0.4 is 0 Å². The van der Waals surface area contributed by atoms with Gasteiger partial charge in [0.15, 0.2) is 0 Å². The van der Waals surface area contributed by atoms with E-state index in [2.05, 4.69) is 0 Å². The monoisotopic (exact) mass is 236 g/mol. The maximum atomic E-state index is 12.2. The van der Waals surface area contributed by atoms with Gasteiger partial charge in [0, 0.05) is 6.54 Å². The molecule has 0 saturated heterocycles. The van der Waals surface area contributed by atoms with Crippen molar-refractivity contribution in [2.45, 2.75) is 33.4 Å². The van der Waals surface area contributed by atoms with E-state index in [0.29, 0.717) is 11.3 Å². The highest BCUT2D eigenvalue weighted by Gasteiger charge is 2.38. The van der Waals surface area contributed by atoms with Gasteiger partial charge in [-0.15, -0.1) is 0 Å². The van der Waals surface area contributed by atoms with Crippen molar-refractivity contribution in [3.63, 3.8) is 0 Å². The number of nitrogens with zero attached hydrogens (tertiary/aromatic N) is 2. The lowest BCUT2D eigenvalue weighted by Gasteiger charge is -2.28. The molecule has 0 radical (unpaired) electrons. The highest BCUT2D eigenvalue weighted by atomic mass is 19.4. The molecule has 6 heteroatoms. The van der Waals surface area contributed by atoms with E-state index in [4.69, 9.17) is 5.26 Å². The number of amides is 1. The van der Waals surface area contributed by atoms with Crippen molar-refractivity contribution in [3.05, 3.63) is 0 Å². The number of rotatable bonds is 4. The van der Waals surface area contributed by atoms with Gasteiger partial charge in [0.05, 0.1) is 6.07 Å². The fourth-order valence-electron chi connectivity index (χ4n) is 1.18. The molecule has 0 saturated carbocycles. The number of nitriles is 1. The minimum Gasteiger partial charge on any atom is -0.332 e. The summed E-state index contributed by atoms with van der Waals surface area (Å²) in [5.74, 6) is -0.783. The Morgan fingerprint density at radius 2 is 1.88 bits per heavy atom. The summed E-state index contributed by atoms with van der Waals surface area (Å²) in [6.45, 7) is 3.01. The molecule has 0 aliphatic rings. The van der Waals surface area contributed by atoms with Crippen molar-refractivity contribution in [1.82, 2.24) is 4.90 Å². The molecule has 0 aliphatic carbocycles. The molecular weight excluding hydrogens is 221 g/mol. The molecule has 0 rings (SSSR count). The van der Waals surface area contributed by atoms with Crippen LogP contribution in [0.25, 0.3) is 0 Å². The topological polar surface area (TPSA) is 44.1 Å². The van der Waals surface area contributed by atoms with Crippen molar-refractivity contribution in [1.29, 1.82) is 5.26 Å². The van der Waals surface area contributed by atoms with Crippen LogP contribution in [-0.4, -0.2) is 30.1 Å². The van der Waals surface area contributed by atoms with Gasteiger partial charge in [0.1, 0.15) is 12.0 Å². The first kappa shape index (κ1) is 14.8. The van der Waals surface area contributed by atoms with Crippen LogP contribution in [0.15, 0.2) is 0 Å². The molecule has 0 atom stereocenters. The fraction of sp³-hybridized carbons (Fsp3) is 0.800. The maximum Gasteiger partial charge on any atom is 0.406 e. The zero-order chi connectivity index (χ0) is 13.0. The minimum atomic E-state index is -4.43. The molecule has 0 fully saturated rings. The molecule has 0 N–H and O–H groups in total. The number of carbonyl (C=O) groups is 1. The van der Waals surface area contributed by atoms with Crippen molar-refractivity contribution in [2.75, 3.05) is 13.1 Å². The van der Waals surface area contributed by atoms with Crippen LogP contribution in [-0.2, 0) is 4.79 Å². The summed E-state index contributed by atoms with van der Waals surface area (Å²) in [5, 5.41) is 8.70. The van der Waals surface area contributed by atoms with E-state index < -0.39 is 24.0 Å². The number of carbonyl (C=O) groups excluding carboxylic acids is 1. The second-order valence-corrected chi connectivity index (χ2v) is 4.08. The van der Waals surface area contributed by atoms with E-state index in [1.165, 1.54) is 13.8 Å². The van der Waals surface area contributed by atoms with E-state index in [9.17, 15) is 18.0 Å². The van der Waals surface area contributed by atoms with E-state index in [1.54, 1.807) is 13.0 Å². The average molecular weight is 236 g/mol. The average Bonchev–Trinajstić information content (AvgIpc) is 2.14. The van der Waals surface area contributed by atoms with Gasteiger partial charge in [-0.1, -0.05) is 6.92 Å². The van der Waals surface area contributed by atoms with Crippen molar-refractivity contribution < 1.29 is 18.0 Å². The van der Waals surface area contributed by atoms with Crippen LogP contribution in [0.4, 0.5) is 13.2 Å². The summed E-state index contributed by atoms with van der Waals surface area (Å²) < 4.78 is 36.6. The number of halogens is 3. The molecule has 0 heterocycles. The SMILES string of the molecule is CCCN(CC(F)(F)F)C(=O)C(C)(C)C#N. The lowest BCUT2D eigenvalue weighted by atomic mass is 9.93. The first-order valence-corrected chi connectivity index (χ1v) is 4.91. The van der Waals surface area contributed by atoms with Gasteiger partial charge in [-0.2, -0.15) is 18.4 Å². The Hall–Kier alpha value is -1.25. The highest BCUT2D eigenvalue weighted by molar-refractivity contribution is 5.84. The first-order valence-electron chi connectivity index (χ1n) is 4.91. The molecule has 92 valence electrons. The van der Waals surface area contributed by atoms with E-state index >= 15 is 0 Å². The van der Waals surface area contributed by atoms with Gasteiger partial charge in [0.2, 0.25) is 5.91 Å². The Morgan fingerprint density at radius 3 is 2.19 bits per heavy atom. The molecule has 0 bridgehead atoms. The normalized spacial score (nSPS) is 12.1. The fourth-order valence-corrected chi connectivity index (χ4v) is 1.18. The van der Waals surface area contributed by atoms with Gasteiger partial charge in [-0.3, -0.25) is 4.79 Å². The minimum absolute atomic E-state index is 0.00343. The molecule has 0 aromatic carbocycles. The molecule has 3 nitrogen and oxygen atoms in total. The number of hydrogen-bond donors (Lipinski definition) is 0. The molecule has 16 heavy (non-hydrogen) atoms. The molecule has 1 amide bonds. The van der Waals surface area contributed by atoms with Gasteiger partial charge in [0.25, 0.3) is 0 Å². The Kier molecular flexibility index (Phi) is 4.79. The number of alkyl halides is 3. The summed E-state index contributed by atoms with van der Waals surface area (Å²) in [6, 6.07) is 1.71. The zero-order valence-corrected chi connectivity index (χ0v) is 9.56. The van der Waals surface area contributed by atoms with Gasteiger partial charge < -0.3 is 4.90 Å². The third-order valence-electron chi connectivity index (χ3n) is 1.97. The zero-order valence-electron chi connectivity index (χ0n) is 9.56. The lowest BCUT2D eigenvalue weighted by molar-refractivity contribution is -0.165. The Labute approximate surface area is 92.8 Å². The second kappa shape index (κ2) is 5.19. The molecule has 0 unspecified atom stereocenters. The largest absolute Gasteiger partial charge is 0.406 e. The summed E-state index contributed by atoms with van der Waals surface area (Å²) >= 11 is 0. The van der Waals surface area contributed by atoms with Crippen molar-refractivity contribution in [3.8, 4) is 6.07 Å². The molecule has 0 aromatic heterocycles. The number of hydrogen-bond acceptors (Lipinski definition) is 2. The van der Waals surface area contributed by atoms with Gasteiger partial charge in [-0.05, 0) is 20.3 Å². The van der Waals surface area contributed by atoms with Gasteiger partial charge >= 0.3 is 6.18 Å². The Morgan fingerprint density at radius 1 is 1.38 bits per heavy atom. The standard InChI is InChI=1S/C10H15F3N2O/c1-4-5-15(7-10(11,12)13)8(16)9(2,3)6-14/h4-5,7H2,1-3H3. The molecule has 0 aliphatic heterocycles. The van der Waals surface area contributed by atoms with E-state index in [0.717, 1.165) is 0 Å². The Bertz CT molecular complexity index is 291. The third-order valence-corrected chi connectivity index (χ3v) is 1.97. The summed E-state index contributed by atoms with van der Waals surface area (Å²) in [5.41, 5.74) is -1.42. The van der Waals surface area contributed by atoms with Crippen LogP contribution in [0.2, 0.25) is 0 Å². The van der Waals surface area contributed by atoms with Crippen LogP contribution in [0, 0.1) is 16.7 Å². The van der Waals surface area contributed by atoms with Crippen LogP contribution in [0.5, 0.6) is 0 Å². The van der Waals surface area contributed by atoms with Crippen LogP contribution in [0.1, 0.15) is 27.2 Å². The van der Waals surface area contributed by atoms with Crippen LogP contribution in [0.3, 0.4) is 0 Å². The van der Waals surface area contributed by atoms with Gasteiger partial charge in [-0.25, -0.2) is 0 Å².